The van der Waals surface area contributed by atoms with Crippen molar-refractivity contribution in [3.8, 4) is 5.75 Å². The molecule has 114 valence electrons. The van der Waals surface area contributed by atoms with E-state index in [2.05, 4.69) is 11.0 Å². The van der Waals surface area contributed by atoms with Gasteiger partial charge < -0.3 is 9.67 Å². The van der Waals surface area contributed by atoms with E-state index in [0.717, 1.165) is 26.2 Å². The van der Waals surface area contributed by atoms with Crippen molar-refractivity contribution in [3.05, 3.63) is 64.1 Å². The largest absolute Gasteiger partial charge is 0.508 e. The molecule has 0 saturated carbocycles. The van der Waals surface area contributed by atoms with Gasteiger partial charge in [0.25, 0.3) is 5.56 Å². The van der Waals surface area contributed by atoms with Crippen molar-refractivity contribution in [2.45, 2.75) is 25.4 Å². The maximum atomic E-state index is 12.0. The molecule has 2 bridgehead atoms. The van der Waals surface area contributed by atoms with E-state index in [4.69, 9.17) is 0 Å². The van der Waals surface area contributed by atoms with E-state index in [1.807, 2.05) is 22.8 Å². The Hall–Kier alpha value is -2.07. The number of aromatic nitrogens is 1. The minimum Gasteiger partial charge on any atom is -0.508 e. The zero-order valence-electron chi connectivity index (χ0n) is 12.5. The lowest BCUT2D eigenvalue weighted by Crippen LogP contribution is -2.46. The molecule has 4 nitrogen and oxygen atoms in total. The molecule has 1 saturated heterocycles. The van der Waals surface area contributed by atoms with Crippen LogP contribution in [0.2, 0.25) is 0 Å². The van der Waals surface area contributed by atoms with Crippen molar-refractivity contribution in [2.75, 3.05) is 13.1 Å². The molecular formula is C18H20N2O2. The second kappa shape index (κ2) is 5.29. The van der Waals surface area contributed by atoms with Crippen LogP contribution in [-0.2, 0) is 13.1 Å². The molecular weight excluding hydrogens is 276 g/mol. The Morgan fingerprint density at radius 3 is 2.68 bits per heavy atom. The number of hydrogen-bond donors (Lipinski definition) is 1. The van der Waals surface area contributed by atoms with E-state index < -0.39 is 0 Å². The van der Waals surface area contributed by atoms with Crippen molar-refractivity contribution >= 4 is 0 Å². The predicted octanol–water partition coefficient (Wildman–Crippen LogP) is 2.17. The zero-order chi connectivity index (χ0) is 15.1. The minimum atomic E-state index is 0.138. The van der Waals surface area contributed by atoms with Gasteiger partial charge in [-0.15, -0.1) is 0 Å². The highest BCUT2D eigenvalue weighted by Gasteiger charge is 2.34. The summed E-state index contributed by atoms with van der Waals surface area (Å²) < 4.78 is 1.97. The number of pyridine rings is 1. The fraction of sp³-hybridized carbons (Fsp3) is 0.389. The maximum Gasteiger partial charge on any atom is 0.250 e. The first-order chi connectivity index (χ1) is 10.7. The first kappa shape index (κ1) is 13.6. The number of phenols is 1. The quantitative estimate of drug-likeness (QED) is 0.924. The molecule has 1 aromatic heterocycles. The lowest BCUT2D eigenvalue weighted by Gasteiger charge is -2.42. The van der Waals surface area contributed by atoms with E-state index in [0.29, 0.717) is 17.6 Å². The van der Waals surface area contributed by atoms with Gasteiger partial charge in [-0.05, 0) is 36.1 Å². The first-order valence-corrected chi connectivity index (χ1v) is 7.89. The van der Waals surface area contributed by atoms with Gasteiger partial charge in [0.1, 0.15) is 5.75 Å². The molecule has 0 amide bonds. The van der Waals surface area contributed by atoms with Crippen LogP contribution in [0.15, 0.2) is 47.3 Å². The van der Waals surface area contributed by atoms with Gasteiger partial charge in [-0.25, -0.2) is 0 Å². The summed E-state index contributed by atoms with van der Waals surface area (Å²) in [6.07, 6.45) is 1.19. The molecule has 2 aliphatic heterocycles. The number of phenolic OH excluding ortho intramolecular Hbond substituents is 1. The summed E-state index contributed by atoms with van der Waals surface area (Å²) in [5.74, 6) is 1.33. The monoisotopic (exact) mass is 296 g/mol. The molecule has 2 atom stereocenters. The molecule has 0 aliphatic carbocycles. The molecule has 4 rings (SSSR count). The number of rotatable bonds is 2. The molecule has 2 aromatic rings. The molecule has 22 heavy (non-hydrogen) atoms. The topological polar surface area (TPSA) is 45.5 Å². The second-order valence-electron chi connectivity index (χ2n) is 6.56. The van der Waals surface area contributed by atoms with Crippen LogP contribution in [-0.4, -0.2) is 27.7 Å². The smallest absolute Gasteiger partial charge is 0.250 e. The Morgan fingerprint density at radius 1 is 1.05 bits per heavy atom. The van der Waals surface area contributed by atoms with Gasteiger partial charge in [-0.2, -0.15) is 0 Å². The summed E-state index contributed by atoms with van der Waals surface area (Å²) >= 11 is 0. The Morgan fingerprint density at radius 2 is 1.86 bits per heavy atom. The van der Waals surface area contributed by atoms with Gasteiger partial charge in [-0.3, -0.25) is 9.69 Å². The summed E-state index contributed by atoms with van der Waals surface area (Å²) in [5.41, 5.74) is 2.56. The zero-order valence-corrected chi connectivity index (χ0v) is 12.5. The Kier molecular flexibility index (Phi) is 3.26. The number of piperidine rings is 1. The van der Waals surface area contributed by atoms with Gasteiger partial charge >= 0.3 is 0 Å². The number of nitrogens with zero attached hydrogens (tertiary/aromatic N) is 2. The van der Waals surface area contributed by atoms with E-state index in [-0.39, 0.29) is 5.56 Å². The van der Waals surface area contributed by atoms with Crippen LogP contribution in [0.4, 0.5) is 0 Å². The van der Waals surface area contributed by atoms with Gasteiger partial charge in [-0.1, -0.05) is 18.2 Å². The van der Waals surface area contributed by atoms with Crippen molar-refractivity contribution in [1.82, 2.24) is 9.47 Å². The van der Waals surface area contributed by atoms with Crippen molar-refractivity contribution in [2.24, 2.45) is 5.92 Å². The molecule has 0 spiro atoms. The second-order valence-corrected chi connectivity index (χ2v) is 6.56. The third kappa shape index (κ3) is 2.44. The lowest BCUT2D eigenvalue weighted by atomic mass is 9.83. The molecule has 4 heteroatoms. The molecule has 0 unspecified atom stereocenters. The fourth-order valence-electron chi connectivity index (χ4n) is 3.98. The van der Waals surface area contributed by atoms with E-state index in [1.54, 1.807) is 18.2 Å². The van der Waals surface area contributed by atoms with E-state index >= 15 is 0 Å². The molecule has 1 N–H and O–H groups in total. The molecule has 2 aliphatic rings. The van der Waals surface area contributed by atoms with Crippen molar-refractivity contribution in [1.29, 1.82) is 0 Å². The van der Waals surface area contributed by atoms with Crippen LogP contribution < -0.4 is 5.56 Å². The lowest BCUT2D eigenvalue weighted by molar-refractivity contribution is 0.114. The normalized spacial score (nSPS) is 24.0. The van der Waals surface area contributed by atoms with E-state index in [9.17, 15) is 9.90 Å². The van der Waals surface area contributed by atoms with Gasteiger partial charge in [0.2, 0.25) is 0 Å². The minimum absolute atomic E-state index is 0.138. The van der Waals surface area contributed by atoms with Crippen LogP contribution in [0.25, 0.3) is 0 Å². The Labute approximate surface area is 129 Å². The third-order valence-electron chi connectivity index (χ3n) is 4.90. The Balaban J connectivity index is 1.56. The molecule has 3 heterocycles. The molecule has 1 fully saturated rings. The SMILES string of the molecule is O=c1cccc2n1C[C@H]1C[C@@H]2CN(Cc2ccc(O)cc2)C1. The standard InChI is InChI=1S/C18H20N2O2/c21-16-6-4-13(5-7-16)9-19-10-14-8-15(12-19)17-2-1-3-18(22)20(17)11-14/h1-7,14-15,21H,8-12H2/t14-,15+/m0/s1. The number of aromatic hydroxyl groups is 1. The first-order valence-electron chi connectivity index (χ1n) is 7.89. The van der Waals surface area contributed by atoms with Crippen molar-refractivity contribution in [3.63, 3.8) is 0 Å². The number of likely N-dealkylation sites (tertiary alicyclic amines) is 1. The maximum absolute atomic E-state index is 12.0. The average Bonchev–Trinajstić information content (AvgIpc) is 2.51. The Bertz CT molecular complexity index is 735. The molecule has 0 radical (unpaired) electrons. The van der Waals surface area contributed by atoms with Gasteiger partial charge in [0.05, 0.1) is 0 Å². The highest BCUT2D eigenvalue weighted by Crippen LogP contribution is 2.35. The summed E-state index contributed by atoms with van der Waals surface area (Å²) in [6.45, 7) is 3.79. The van der Waals surface area contributed by atoms with Crippen LogP contribution in [0, 0.1) is 5.92 Å². The van der Waals surface area contributed by atoms with E-state index in [1.165, 1.54) is 17.7 Å². The van der Waals surface area contributed by atoms with Crippen molar-refractivity contribution < 1.29 is 5.11 Å². The number of benzene rings is 1. The van der Waals surface area contributed by atoms with Crippen LogP contribution in [0.5, 0.6) is 5.75 Å². The third-order valence-corrected chi connectivity index (χ3v) is 4.90. The molecule has 1 aromatic carbocycles. The van der Waals surface area contributed by atoms with Gasteiger partial charge in [0.15, 0.2) is 0 Å². The highest BCUT2D eigenvalue weighted by atomic mass is 16.3. The van der Waals surface area contributed by atoms with Crippen LogP contribution in [0.3, 0.4) is 0 Å². The summed E-state index contributed by atoms with van der Waals surface area (Å²) in [4.78, 5) is 14.5. The fourth-order valence-corrected chi connectivity index (χ4v) is 3.98. The predicted molar refractivity (Wildman–Crippen MR) is 84.9 cm³/mol. The average molecular weight is 296 g/mol. The van der Waals surface area contributed by atoms with Gasteiger partial charge in [0, 0.05) is 43.9 Å². The highest BCUT2D eigenvalue weighted by molar-refractivity contribution is 5.26. The number of hydrogen-bond acceptors (Lipinski definition) is 3. The summed E-state index contributed by atoms with van der Waals surface area (Å²) in [5, 5.41) is 9.38. The summed E-state index contributed by atoms with van der Waals surface area (Å²) in [6, 6.07) is 13.1. The number of fused-ring (bicyclic) bond motifs is 4. The summed E-state index contributed by atoms with van der Waals surface area (Å²) in [7, 11) is 0. The van der Waals surface area contributed by atoms with Crippen LogP contribution >= 0.6 is 0 Å². The van der Waals surface area contributed by atoms with Crippen LogP contribution in [0.1, 0.15) is 23.6 Å².